The van der Waals surface area contributed by atoms with Crippen LogP contribution in [0.5, 0.6) is 11.5 Å². The Hall–Kier alpha value is -3.59. The fraction of sp³-hybridized carbons (Fsp3) is 0.194. The quantitative estimate of drug-likeness (QED) is 0.198. The van der Waals surface area contributed by atoms with E-state index in [1.165, 1.54) is 0 Å². The zero-order valence-electron chi connectivity index (χ0n) is 20.3. The number of hydrogen-bond donors (Lipinski definition) is 1. The van der Waals surface area contributed by atoms with Crippen LogP contribution in [0.1, 0.15) is 35.6 Å². The molecular weight excluding hydrogens is 512 g/mol. The largest absolute Gasteiger partial charge is 0.489 e. The lowest BCUT2D eigenvalue weighted by molar-refractivity contribution is 0.287. The number of nitrogens with zero attached hydrogens (tertiary/aromatic N) is 1. The molecule has 4 aromatic carbocycles. The molecule has 0 unspecified atom stereocenters. The molecule has 4 rings (SSSR count). The van der Waals surface area contributed by atoms with Crippen LogP contribution in [0.4, 0.5) is 0 Å². The van der Waals surface area contributed by atoms with Crippen LogP contribution in [0.2, 0.25) is 0 Å². The standard InChI is InChI=1S/C31H29BrN2O2/c1-2-16-34-20-26-14-15-28(18-30(26)36-21-24-9-6-8-23(17-24)19-33)35-22-27-12-7-13-29(31(27)32)25-10-4-3-5-11-25/h3-15,17-18,34H,2,16,20-22H2,1H3. The summed E-state index contributed by atoms with van der Waals surface area (Å²) in [6.07, 6.45) is 1.06. The molecule has 0 radical (unpaired) electrons. The number of benzene rings is 4. The van der Waals surface area contributed by atoms with Crippen LogP contribution in [-0.2, 0) is 19.8 Å². The molecule has 4 aromatic rings. The zero-order valence-corrected chi connectivity index (χ0v) is 21.9. The number of nitrogens with one attached hydrogen (secondary N) is 1. The van der Waals surface area contributed by atoms with Gasteiger partial charge in [0.15, 0.2) is 0 Å². The Morgan fingerprint density at radius 3 is 2.47 bits per heavy atom. The third kappa shape index (κ3) is 6.75. The Kier molecular flexibility index (Phi) is 9.15. The predicted molar refractivity (Wildman–Crippen MR) is 148 cm³/mol. The third-order valence-corrected chi connectivity index (χ3v) is 6.73. The first-order chi connectivity index (χ1) is 17.7. The molecule has 0 amide bonds. The van der Waals surface area contributed by atoms with Crippen molar-refractivity contribution >= 4 is 15.9 Å². The van der Waals surface area contributed by atoms with E-state index in [1.54, 1.807) is 6.07 Å². The third-order valence-electron chi connectivity index (χ3n) is 5.79. The summed E-state index contributed by atoms with van der Waals surface area (Å²) < 4.78 is 13.4. The summed E-state index contributed by atoms with van der Waals surface area (Å²) >= 11 is 3.78. The van der Waals surface area contributed by atoms with Crippen molar-refractivity contribution in [1.29, 1.82) is 5.26 Å². The van der Waals surface area contributed by atoms with Crippen LogP contribution >= 0.6 is 15.9 Å². The molecular formula is C31H29BrN2O2. The van der Waals surface area contributed by atoms with Gasteiger partial charge in [0.1, 0.15) is 24.7 Å². The van der Waals surface area contributed by atoms with Crippen molar-refractivity contribution in [1.82, 2.24) is 5.32 Å². The van der Waals surface area contributed by atoms with E-state index in [9.17, 15) is 5.26 Å². The van der Waals surface area contributed by atoms with Gasteiger partial charge in [-0.3, -0.25) is 0 Å². The Morgan fingerprint density at radius 2 is 1.67 bits per heavy atom. The lowest BCUT2D eigenvalue weighted by Crippen LogP contribution is -2.14. The second-order valence-electron chi connectivity index (χ2n) is 8.48. The maximum absolute atomic E-state index is 9.18. The molecule has 5 heteroatoms. The van der Waals surface area contributed by atoms with E-state index in [4.69, 9.17) is 9.47 Å². The maximum atomic E-state index is 9.18. The van der Waals surface area contributed by atoms with Crippen LogP contribution in [0.15, 0.2) is 95.5 Å². The number of hydrogen-bond acceptors (Lipinski definition) is 4. The lowest BCUT2D eigenvalue weighted by atomic mass is 10.0. The molecule has 4 nitrogen and oxygen atoms in total. The summed E-state index contributed by atoms with van der Waals surface area (Å²) in [5, 5.41) is 12.6. The molecule has 1 N–H and O–H groups in total. The molecule has 0 saturated heterocycles. The second kappa shape index (κ2) is 12.9. The normalized spacial score (nSPS) is 10.6. The van der Waals surface area contributed by atoms with Gasteiger partial charge in [0.05, 0.1) is 11.6 Å². The first kappa shape index (κ1) is 25.5. The van der Waals surface area contributed by atoms with Gasteiger partial charge in [-0.25, -0.2) is 0 Å². The fourth-order valence-corrected chi connectivity index (χ4v) is 4.50. The fourth-order valence-electron chi connectivity index (χ4n) is 3.89. The number of ether oxygens (including phenoxy) is 2. The number of halogens is 1. The lowest BCUT2D eigenvalue weighted by Gasteiger charge is -2.16. The average Bonchev–Trinajstić information content (AvgIpc) is 2.93. The first-order valence-electron chi connectivity index (χ1n) is 12.1. The monoisotopic (exact) mass is 540 g/mol. The molecule has 0 fully saturated rings. The molecule has 0 heterocycles. The van der Waals surface area contributed by atoms with Crippen LogP contribution in [0.25, 0.3) is 11.1 Å². The van der Waals surface area contributed by atoms with Crippen LogP contribution < -0.4 is 14.8 Å². The maximum Gasteiger partial charge on any atom is 0.127 e. The Labute approximate surface area is 221 Å². The van der Waals surface area contributed by atoms with Crippen molar-refractivity contribution in [3.63, 3.8) is 0 Å². The van der Waals surface area contributed by atoms with Crippen molar-refractivity contribution in [3.8, 4) is 28.7 Å². The minimum atomic E-state index is 0.379. The van der Waals surface area contributed by atoms with E-state index in [1.807, 2.05) is 48.5 Å². The van der Waals surface area contributed by atoms with Crippen molar-refractivity contribution in [2.75, 3.05) is 6.54 Å². The average molecular weight is 541 g/mol. The Bertz CT molecular complexity index is 1330. The molecule has 0 aliphatic carbocycles. The summed E-state index contributed by atoms with van der Waals surface area (Å²) in [7, 11) is 0. The highest BCUT2D eigenvalue weighted by atomic mass is 79.9. The Morgan fingerprint density at radius 1 is 0.833 bits per heavy atom. The van der Waals surface area contributed by atoms with Crippen molar-refractivity contribution in [3.05, 3.63) is 118 Å². The molecule has 0 aromatic heterocycles. The SMILES string of the molecule is CCCNCc1ccc(OCc2cccc(-c3ccccc3)c2Br)cc1OCc1cccc(C#N)c1. The summed E-state index contributed by atoms with van der Waals surface area (Å²) in [6.45, 7) is 4.61. The smallest absolute Gasteiger partial charge is 0.127 e. The van der Waals surface area contributed by atoms with Crippen LogP contribution in [0, 0.1) is 11.3 Å². The van der Waals surface area contributed by atoms with Gasteiger partial charge in [0, 0.05) is 28.2 Å². The molecule has 0 atom stereocenters. The molecule has 0 saturated carbocycles. The van der Waals surface area contributed by atoms with Crippen molar-refractivity contribution in [2.45, 2.75) is 33.1 Å². The molecule has 182 valence electrons. The summed E-state index contributed by atoms with van der Waals surface area (Å²) in [5.41, 5.74) is 6.01. The van der Waals surface area contributed by atoms with E-state index in [-0.39, 0.29) is 0 Å². The molecule has 0 aliphatic heterocycles. The van der Waals surface area contributed by atoms with E-state index in [2.05, 4.69) is 70.6 Å². The molecule has 0 aliphatic rings. The second-order valence-corrected chi connectivity index (χ2v) is 9.27. The summed E-state index contributed by atoms with van der Waals surface area (Å²) in [6, 6.07) is 32.2. The molecule has 0 bridgehead atoms. The first-order valence-corrected chi connectivity index (χ1v) is 12.9. The van der Waals surface area contributed by atoms with Crippen molar-refractivity contribution < 1.29 is 9.47 Å². The highest BCUT2D eigenvalue weighted by molar-refractivity contribution is 9.10. The van der Waals surface area contributed by atoms with E-state index >= 15 is 0 Å². The molecule has 36 heavy (non-hydrogen) atoms. The highest BCUT2D eigenvalue weighted by Gasteiger charge is 2.11. The molecule has 0 spiro atoms. The predicted octanol–water partition coefficient (Wildman–Crippen LogP) is 7.65. The minimum absolute atomic E-state index is 0.379. The van der Waals surface area contributed by atoms with Gasteiger partial charge in [0.25, 0.3) is 0 Å². The number of nitriles is 1. The highest BCUT2D eigenvalue weighted by Crippen LogP contribution is 2.32. The topological polar surface area (TPSA) is 54.3 Å². The van der Waals surface area contributed by atoms with Gasteiger partial charge in [-0.1, -0.05) is 73.7 Å². The van der Waals surface area contributed by atoms with Gasteiger partial charge in [0.2, 0.25) is 0 Å². The number of rotatable bonds is 11. The van der Waals surface area contributed by atoms with Gasteiger partial charge < -0.3 is 14.8 Å². The van der Waals surface area contributed by atoms with Crippen LogP contribution in [0.3, 0.4) is 0 Å². The van der Waals surface area contributed by atoms with E-state index in [0.717, 1.165) is 56.8 Å². The van der Waals surface area contributed by atoms with Gasteiger partial charge in [-0.2, -0.15) is 5.26 Å². The van der Waals surface area contributed by atoms with Gasteiger partial charge in [-0.05, 0) is 63.8 Å². The summed E-state index contributed by atoms with van der Waals surface area (Å²) in [4.78, 5) is 0. The van der Waals surface area contributed by atoms with Crippen LogP contribution in [-0.4, -0.2) is 6.54 Å². The van der Waals surface area contributed by atoms with E-state index in [0.29, 0.717) is 25.3 Å². The van der Waals surface area contributed by atoms with Crippen molar-refractivity contribution in [2.24, 2.45) is 0 Å². The summed E-state index contributed by atoms with van der Waals surface area (Å²) in [5.74, 6) is 1.52. The van der Waals surface area contributed by atoms with E-state index < -0.39 is 0 Å². The zero-order chi connectivity index (χ0) is 25.2. The van der Waals surface area contributed by atoms with Gasteiger partial charge >= 0.3 is 0 Å². The minimum Gasteiger partial charge on any atom is -0.489 e. The van der Waals surface area contributed by atoms with Gasteiger partial charge in [-0.15, -0.1) is 0 Å². The Balaban J connectivity index is 1.50.